The molecule has 3 unspecified atom stereocenters. The van der Waals surface area contributed by atoms with Crippen LogP contribution in [0.5, 0.6) is 0 Å². The molecule has 0 radical (unpaired) electrons. The highest BCUT2D eigenvalue weighted by Gasteiger charge is 2.26. The molecule has 3 N–H and O–H groups in total. The first kappa shape index (κ1) is 36.7. The summed E-state index contributed by atoms with van der Waals surface area (Å²) in [5, 5.41) is 11.6. The van der Waals surface area contributed by atoms with Crippen LogP contribution < -0.4 is 16.0 Å². The van der Waals surface area contributed by atoms with Gasteiger partial charge in [0.2, 0.25) is 0 Å². The van der Waals surface area contributed by atoms with Crippen molar-refractivity contribution in [2.24, 2.45) is 4.99 Å². The van der Waals surface area contributed by atoms with Crippen molar-refractivity contribution >= 4 is 17.1 Å². The first-order valence-electron chi connectivity index (χ1n) is 20.5. The number of allylic oxidation sites excluding steroid dienone is 1. The number of hydrogen-bond acceptors (Lipinski definition) is 5. The average Bonchev–Trinajstić information content (AvgIpc) is 3.35. The number of aliphatic imine (C=N–C) groups is 1. The molecule has 2 aliphatic rings. The third kappa shape index (κ3) is 7.95. The first-order valence-corrected chi connectivity index (χ1v) is 20.5. The molecule has 60 heavy (non-hydrogen) atoms. The molecular weight excluding hydrogens is 731 g/mol. The Kier molecular flexibility index (Phi) is 10.2. The minimum atomic E-state index is -0.271. The lowest BCUT2D eigenvalue weighted by Gasteiger charge is -2.34. The summed E-state index contributed by atoms with van der Waals surface area (Å²) in [6.07, 6.45) is 4.13. The van der Waals surface area contributed by atoms with Gasteiger partial charge in [-0.15, -0.1) is 0 Å². The molecule has 3 atom stereocenters. The van der Waals surface area contributed by atoms with E-state index in [1.54, 1.807) is 0 Å². The maximum Gasteiger partial charge on any atom is 0.145 e. The van der Waals surface area contributed by atoms with Crippen LogP contribution in [0.4, 0.5) is 0 Å². The fourth-order valence-electron chi connectivity index (χ4n) is 8.08. The predicted molar refractivity (Wildman–Crippen MR) is 246 cm³/mol. The van der Waals surface area contributed by atoms with Crippen LogP contribution in [-0.4, -0.2) is 10.7 Å². The highest BCUT2D eigenvalue weighted by atomic mass is 15.2. The molecule has 5 nitrogen and oxygen atoms in total. The fourth-order valence-corrected chi connectivity index (χ4v) is 8.08. The van der Waals surface area contributed by atoms with Gasteiger partial charge in [-0.25, -0.2) is 4.98 Å². The lowest BCUT2D eigenvalue weighted by atomic mass is 9.91. The van der Waals surface area contributed by atoms with Gasteiger partial charge in [-0.05, 0) is 87.0 Å². The molecule has 8 aromatic rings. The van der Waals surface area contributed by atoms with Crippen LogP contribution in [0.3, 0.4) is 0 Å². The van der Waals surface area contributed by atoms with E-state index in [0.717, 1.165) is 78.6 Å². The summed E-state index contributed by atoms with van der Waals surface area (Å²) in [7, 11) is 0. The van der Waals surface area contributed by atoms with Crippen LogP contribution in [0, 0.1) is 0 Å². The largest absolute Gasteiger partial charge is 0.366 e. The molecule has 1 aromatic heterocycles. The molecule has 0 bridgehead atoms. The van der Waals surface area contributed by atoms with E-state index in [0.29, 0.717) is 0 Å². The monoisotopic (exact) mass is 773 g/mol. The van der Waals surface area contributed by atoms with Crippen molar-refractivity contribution in [3.63, 3.8) is 0 Å². The topological polar surface area (TPSA) is 61.3 Å². The lowest BCUT2D eigenvalue weighted by molar-refractivity contribution is 0.442. The number of benzene rings is 7. The quantitative estimate of drug-likeness (QED) is 0.137. The van der Waals surface area contributed by atoms with Crippen molar-refractivity contribution in [3.8, 4) is 33.6 Å². The summed E-state index contributed by atoms with van der Waals surface area (Å²) in [6, 6.07) is 74.4. The van der Waals surface area contributed by atoms with Crippen molar-refractivity contribution in [2.75, 3.05) is 0 Å². The highest BCUT2D eigenvalue weighted by molar-refractivity contribution is 6.13. The molecule has 7 aromatic carbocycles. The van der Waals surface area contributed by atoms with E-state index in [4.69, 9.17) is 9.98 Å². The summed E-state index contributed by atoms with van der Waals surface area (Å²) < 4.78 is 0. The molecular formula is C55H43N5. The predicted octanol–water partition coefficient (Wildman–Crippen LogP) is 12.2. The summed E-state index contributed by atoms with van der Waals surface area (Å²) in [5.74, 6) is 0. The highest BCUT2D eigenvalue weighted by Crippen LogP contribution is 2.37. The van der Waals surface area contributed by atoms with E-state index < -0.39 is 0 Å². The number of nitrogens with zero attached hydrogens (tertiary/aromatic N) is 2. The van der Waals surface area contributed by atoms with Gasteiger partial charge in [0, 0.05) is 22.5 Å². The third-order valence-electron chi connectivity index (χ3n) is 11.1. The van der Waals surface area contributed by atoms with Gasteiger partial charge in [0.05, 0.1) is 23.1 Å². The summed E-state index contributed by atoms with van der Waals surface area (Å²) >= 11 is 0. The van der Waals surface area contributed by atoms with E-state index in [1.807, 2.05) is 18.2 Å². The Morgan fingerprint density at radius 3 is 1.43 bits per heavy atom. The Balaban J connectivity index is 1.17. The Morgan fingerprint density at radius 1 is 0.367 bits per heavy atom. The molecule has 0 aliphatic carbocycles. The Morgan fingerprint density at radius 2 is 0.850 bits per heavy atom. The van der Waals surface area contributed by atoms with Gasteiger partial charge in [0.15, 0.2) is 0 Å². The number of rotatable bonds is 9. The van der Waals surface area contributed by atoms with E-state index in [9.17, 15) is 0 Å². The summed E-state index contributed by atoms with van der Waals surface area (Å²) in [4.78, 5) is 10.5. The van der Waals surface area contributed by atoms with Gasteiger partial charge in [-0.2, -0.15) is 0 Å². The van der Waals surface area contributed by atoms with Crippen LogP contribution in [-0.2, 0) is 0 Å². The zero-order chi connectivity index (χ0) is 40.1. The maximum absolute atomic E-state index is 5.26. The summed E-state index contributed by atoms with van der Waals surface area (Å²) in [5.41, 5.74) is 15.9. The third-order valence-corrected chi connectivity index (χ3v) is 11.1. The second-order valence-corrected chi connectivity index (χ2v) is 15.2. The van der Waals surface area contributed by atoms with Crippen LogP contribution in [0.25, 0.3) is 45.0 Å². The minimum Gasteiger partial charge on any atom is -0.366 e. The Labute approximate surface area is 351 Å². The van der Waals surface area contributed by atoms with Crippen molar-refractivity contribution in [3.05, 3.63) is 258 Å². The smallest absolute Gasteiger partial charge is 0.145 e. The minimum absolute atomic E-state index is 0.120. The van der Waals surface area contributed by atoms with Crippen molar-refractivity contribution < 1.29 is 0 Å². The summed E-state index contributed by atoms with van der Waals surface area (Å²) in [6.45, 7) is 0. The second kappa shape index (κ2) is 16.7. The van der Waals surface area contributed by atoms with Gasteiger partial charge in [0.25, 0.3) is 0 Å². The standard InChI is InChI=1S/C55H43N5/c1-7-19-38(20-8-1)48-34-45(35-49(56-48)39-21-9-2-10-22-39)44-31-46(52-36-50(40-23-11-3-12-24-40)57-54(59-52)42-27-15-5-16-28-42)33-47(32-44)53-37-51(41-25-13-4-14-26-41)58-55(60-53)43-29-17-6-18-30-43/h1-37,52,54-55,57,59-60H. The van der Waals surface area contributed by atoms with Crippen LogP contribution >= 0.6 is 0 Å². The first-order chi connectivity index (χ1) is 29.7. The molecule has 10 rings (SSSR count). The lowest BCUT2D eigenvalue weighted by Crippen LogP contribution is -2.39. The van der Waals surface area contributed by atoms with Gasteiger partial charge >= 0.3 is 0 Å². The molecule has 0 fully saturated rings. The van der Waals surface area contributed by atoms with Crippen LogP contribution in [0.2, 0.25) is 0 Å². The van der Waals surface area contributed by atoms with Gasteiger partial charge in [0.1, 0.15) is 12.3 Å². The molecule has 0 saturated heterocycles. The molecule has 0 amide bonds. The molecule has 288 valence electrons. The number of aromatic nitrogens is 1. The van der Waals surface area contributed by atoms with Gasteiger partial charge < -0.3 is 10.6 Å². The Hall–Kier alpha value is -7.60. The molecule has 5 heteroatoms. The van der Waals surface area contributed by atoms with E-state index in [-0.39, 0.29) is 18.4 Å². The van der Waals surface area contributed by atoms with Gasteiger partial charge in [-0.1, -0.05) is 182 Å². The zero-order valence-electron chi connectivity index (χ0n) is 33.0. The molecule has 2 aliphatic heterocycles. The van der Waals surface area contributed by atoms with Gasteiger partial charge in [-0.3, -0.25) is 10.3 Å². The van der Waals surface area contributed by atoms with Crippen molar-refractivity contribution in [2.45, 2.75) is 18.4 Å². The van der Waals surface area contributed by atoms with E-state index >= 15 is 0 Å². The van der Waals surface area contributed by atoms with E-state index in [2.05, 4.69) is 222 Å². The molecule has 0 spiro atoms. The zero-order valence-corrected chi connectivity index (χ0v) is 33.0. The maximum atomic E-state index is 5.26. The van der Waals surface area contributed by atoms with Crippen LogP contribution in [0.1, 0.15) is 51.8 Å². The van der Waals surface area contributed by atoms with Crippen LogP contribution in [0.15, 0.2) is 229 Å². The number of hydrogen-bond donors (Lipinski definition) is 3. The average molecular weight is 774 g/mol. The Bertz CT molecular complexity index is 2760. The fraction of sp³-hybridized carbons (Fsp3) is 0.0545. The van der Waals surface area contributed by atoms with Crippen molar-refractivity contribution in [1.82, 2.24) is 20.9 Å². The van der Waals surface area contributed by atoms with E-state index in [1.165, 1.54) is 5.56 Å². The number of pyridine rings is 1. The normalized spacial score (nSPS) is 17.3. The molecule has 3 heterocycles. The number of nitrogens with one attached hydrogen (secondary N) is 3. The van der Waals surface area contributed by atoms with Crippen molar-refractivity contribution in [1.29, 1.82) is 0 Å². The second-order valence-electron chi connectivity index (χ2n) is 15.2. The molecule has 0 saturated carbocycles. The SMILES string of the molecule is C1=C(c2cc(-c3cc(-c4ccccc4)nc(-c4ccccc4)c3)cc(C3C=C(c4ccccc4)NC(c4ccccc4)N3)c2)NC(c2ccccc2)N=C1c1ccccc1.